The molecule has 108 valence electrons. The lowest BCUT2D eigenvalue weighted by Gasteiger charge is -2.25. The minimum Gasteiger partial charge on any atom is -0.344 e. The molecule has 19 heavy (non-hydrogen) atoms. The van der Waals surface area contributed by atoms with E-state index in [0.717, 1.165) is 32.6 Å². The largest absolute Gasteiger partial charge is 0.344 e. The van der Waals surface area contributed by atoms with Crippen LogP contribution in [-0.2, 0) is 9.59 Å². The molecule has 0 spiro atoms. The molecule has 0 aliphatic carbocycles. The van der Waals surface area contributed by atoms with Gasteiger partial charge in [-0.2, -0.15) is 12.6 Å². The molecule has 0 saturated carbocycles. The quantitative estimate of drug-likeness (QED) is 0.721. The van der Waals surface area contributed by atoms with Crippen molar-refractivity contribution in [3.63, 3.8) is 0 Å². The predicted octanol–water partition coefficient (Wildman–Crippen LogP) is 0.118. The molecule has 0 aromatic carbocycles. The van der Waals surface area contributed by atoms with Crippen LogP contribution in [0.4, 0.5) is 0 Å². The maximum absolute atomic E-state index is 12.3. The lowest BCUT2D eigenvalue weighted by molar-refractivity contribution is -0.134. The van der Waals surface area contributed by atoms with E-state index in [4.69, 9.17) is 0 Å². The molecular formula is C13H23N3O2S. The fourth-order valence-electron chi connectivity index (χ4n) is 3.00. The van der Waals surface area contributed by atoms with Crippen molar-refractivity contribution in [3.8, 4) is 0 Å². The third-order valence-electron chi connectivity index (χ3n) is 3.99. The number of nitrogens with one attached hydrogen (secondary N) is 1. The van der Waals surface area contributed by atoms with Crippen LogP contribution in [0.2, 0.25) is 0 Å². The molecule has 2 fully saturated rings. The number of hydrogen-bond donors (Lipinski definition) is 2. The van der Waals surface area contributed by atoms with E-state index < -0.39 is 6.04 Å². The van der Waals surface area contributed by atoms with Gasteiger partial charge in [0.05, 0.1) is 0 Å². The third-order valence-corrected chi connectivity index (χ3v) is 4.36. The van der Waals surface area contributed by atoms with Gasteiger partial charge in [-0.1, -0.05) is 0 Å². The minimum absolute atomic E-state index is 0.00639. The fraction of sp³-hybridized carbons (Fsp3) is 0.846. The first kappa shape index (κ1) is 14.7. The first-order chi connectivity index (χ1) is 9.11. The Morgan fingerprint density at radius 3 is 2.58 bits per heavy atom. The van der Waals surface area contributed by atoms with Gasteiger partial charge in [0, 0.05) is 31.8 Å². The summed E-state index contributed by atoms with van der Waals surface area (Å²) in [6.45, 7) is 5.34. The van der Waals surface area contributed by atoms with E-state index in [0.29, 0.717) is 11.8 Å². The molecule has 2 aliphatic rings. The highest BCUT2D eigenvalue weighted by Crippen LogP contribution is 2.20. The molecule has 2 amide bonds. The number of hydrogen-bond acceptors (Lipinski definition) is 4. The van der Waals surface area contributed by atoms with Crippen LogP contribution in [0.25, 0.3) is 0 Å². The molecule has 2 heterocycles. The summed E-state index contributed by atoms with van der Waals surface area (Å²) in [4.78, 5) is 27.8. The molecule has 2 saturated heterocycles. The summed E-state index contributed by atoms with van der Waals surface area (Å²) in [6, 6.07) is 0.0162. The van der Waals surface area contributed by atoms with Crippen LogP contribution in [0.1, 0.15) is 26.2 Å². The van der Waals surface area contributed by atoms with Gasteiger partial charge in [-0.15, -0.1) is 0 Å². The summed E-state index contributed by atoms with van der Waals surface area (Å²) >= 11 is 4.16. The Morgan fingerprint density at radius 2 is 2.00 bits per heavy atom. The van der Waals surface area contributed by atoms with Crippen molar-refractivity contribution in [1.82, 2.24) is 15.1 Å². The van der Waals surface area contributed by atoms with Crippen molar-refractivity contribution >= 4 is 24.4 Å². The summed E-state index contributed by atoms with van der Waals surface area (Å²) in [5.74, 6) is 0.179. The van der Waals surface area contributed by atoms with E-state index in [1.807, 2.05) is 4.90 Å². The van der Waals surface area contributed by atoms with Crippen molar-refractivity contribution in [2.75, 3.05) is 31.9 Å². The summed E-state index contributed by atoms with van der Waals surface area (Å²) in [7, 11) is 0. The molecule has 0 radical (unpaired) electrons. The Hall–Kier alpha value is -0.750. The van der Waals surface area contributed by atoms with Gasteiger partial charge in [-0.05, 0) is 32.4 Å². The maximum Gasteiger partial charge on any atom is 0.246 e. The molecule has 6 heteroatoms. The van der Waals surface area contributed by atoms with Gasteiger partial charge in [-0.3, -0.25) is 14.5 Å². The van der Waals surface area contributed by atoms with E-state index in [-0.39, 0.29) is 11.8 Å². The third kappa shape index (κ3) is 3.63. The smallest absolute Gasteiger partial charge is 0.246 e. The van der Waals surface area contributed by atoms with Crippen LogP contribution in [-0.4, -0.2) is 65.6 Å². The van der Waals surface area contributed by atoms with Crippen LogP contribution < -0.4 is 5.32 Å². The molecule has 5 nitrogen and oxygen atoms in total. The minimum atomic E-state index is -0.488. The van der Waals surface area contributed by atoms with Crippen LogP contribution >= 0.6 is 12.6 Å². The van der Waals surface area contributed by atoms with E-state index >= 15 is 0 Å². The first-order valence-electron chi connectivity index (χ1n) is 7.02. The summed E-state index contributed by atoms with van der Waals surface area (Å²) < 4.78 is 0. The Labute approximate surface area is 120 Å². The molecule has 1 N–H and O–H groups in total. The van der Waals surface area contributed by atoms with Crippen LogP contribution in [0, 0.1) is 0 Å². The second-order valence-corrected chi connectivity index (χ2v) is 5.77. The summed E-state index contributed by atoms with van der Waals surface area (Å²) in [5.41, 5.74) is 0. The Kier molecular flexibility index (Phi) is 5.10. The average Bonchev–Trinajstić information content (AvgIpc) is 3.04. The van der Waals surface area contributed by atoms with Gasteiger partial charge in [0.25, 0.3) is 0 Å². The number of amides is 2. The number of likely N-dealkylation sites (tertiary alicyclic amines) is 2. The lowest BCUT2D eigenvalue weighted by atomic mass is 10.2. The number of nitrogens with zero attached hydrogens (tertiary/aromatic N) is 2. The van der Waals surface area contributed by atoms with Gasteiger partial charge < -0.3 is 10.2 Å². The molecule has 2 atom stereocenters. The maximum atomic E-state index is 12.3. The van der Waals surface area contributed by atoms with Crippen molar-refractivity contribution in [2.45, 2.75) is 38.3 Å². The normalized spacial score (nSPS) is 25.6. The van der Waals surface area contributed by atoms with E-state index in [9.17, 15) is 9.59 Å². The summed E-state index contributed by atoms with van der Waals surface area (Å²) in [5, 5.41) is 2.67. The lowest BCUT2D eigenvalue weighted by Crippen LogP contribution is -2.49. The number of rotatable bonds is 4. The highest BCUT2D eigenvalue weighted by molar-refractivity contribution is 7.80. The van der Waals surface area contributed by atoms with Crippen LogP contribution in [0.3, 0.4) is 0 Å². The topological polar surface area (TPSA) is 52.7 Å². The van der Waals surface area contributed by atoms with Gasteiger partial charge >= 0.3 is 0 Å². The van der Waals surface area contributed by atoms with Gasteiger partial charge in [0.15, 0.2) is 0 Å². The SMILES string of the molecule is CC(=O)NC(CS)C(=O)N1CCC(N2CCCC2)C1. The van der Waals surface area contributed by atoms with E-state index in [2.05, 4.69) is 22.8 Å². The number of thiol groups is 1. The Morgan fingerprint density at radius 1 is 1.32 bits per heavy atom. The highest BCUT2D eigenvalue weighted by Gasteiger charge is 2.34. The molecule has 0 bridgehead atoms. The second-order valence-electron chi connectivity index (χ2n) is 5.41. The Bertz CT molecular complexity index is 345. The monoisotopic (exact) mass is 285 g/mol. The second kappa shape index (κ2) is 6.61. The summed E-state index contributed by atoms with van der Waals surface area (Å²) in [6.07, 6.45) is 3.59. The number of carbonyl (C=O) groups excluding carboxylic acids is 2. The Balaban J connectivity index is 1.88. The highest BCUT2D eigenvalue weighted by atomic mass is 32.1. The molecule has 2 unspecified atom stereocenters. The molecular weight excluding hydrogens is 262 g/mol. The molecule has 2 rings (SSSR count). The zero-order valence-corrected chi connectivity index (χ0v) is 12.4. The predicted molar refractivity (Wildman–Crippen MR) is 77.2 cm³/mol. The van der Waals surface area contributed by atoms with Crippen molar-refractivity contribution in [2.24, 2.45) is 0 Å². The first-order valence-corrected chi connectivity index (χ1v) is 7.66. The van der Waals surface area contributed by atoms with E-state index in [1.54, 1.807) is 0 Å². The molecule has 0 aromatic rings. The zero-order valence-electron chi connectivity index (χ0n) is 11.5. The van der Waals surface area contributed by atoms with Crippen LogP contribution in [0.15, 0.2) is 0 Å². The van der Waals surface area contributed by atoms with E-state index in [1.165, 1.54) is 19.8 Å². The van der Waals surface area contributed by atoms with Gasteiger partial charge in [0.2, 0.25) is 11.8 Å². The van der Waals surface area contributed by atoms with Gasteiger partial charge in [-0.25, -0.2) is 0 Å². The zero-order chi connectivity index (χ0) is 13.8. The standard InChI is InChI=1S/C13H23N3O2S/c1-10(17)14-12(9-19)13(18)16-7-4-11(8-16)15-5-2-3-6-15/h11-12,19H,2-9H2,1H3,(H,14,17). The molecule has 0 aromatic heterocycles. The fourth-order valence-corrected chi connectivity index (χ4v) is 3.25. The molecule has 2 aliphatic heterocycles. The number of carbonyl (C=O) groups is 2. The van der Waals surface area contributed by atoms with Crippen molar-refractivity contribution < 1.29 is 9.59 Å². The van der Waals surface area contributed by atoms with Crippen molar-refractivity contribution in [3.05, 3.63) is 0 Å². The average molecular weight is 285 g/mol. The van der Waals surface area contributed by atoms with Crippen LogP contribution in [0.5, 0.6) is 0 Å². The van der Waals surface area contributed by atoms with Gasteiger partial charge in [0.1, 0.15) is 6.04 Å². The van der Waals surface area contributed by atoms with Crippen molar-refractivity contribution in [1.29, 1.82) is 0 Å².